The van der Waals surface area contributed by atoms with E-state index in [2.05, 4.69) is 16.0 Å². The normalized spacial score (nSPS) is 21.3. The molecule has 0 radical (unpaired) electrons. The molecule has 1 saturated heterocycles. The highest BCUT2D eigenvalue weighted by Crippen LogP contribution is 2.27. The number of nitrogens with two attached hydrogens (primary N) is 1. The van der Waals surface area contributed by atoms with Crippen LogP contribution in [-0.4, -0.2) is 29.3 Å². The molecule has 2 heterocycles. The van der Waals surface area contributed by atoms with Crippen LogP contribution in [0.15, 0.2) is 18.3 Å². The summed E-state index contributed by atoms with van der Waals surface area (Å²) >= 11 is 0. The fourth-order valence-electron chi connectivity index (χ4n) is 2.64. The van der Waals surface area contributed by atoms with Crippen LogP contribution >= 0.6 is 0 Å². The van der Waals surface area contributed by atoms with Gasteiger partial charge in [0.2, 0.25) is 0 Å². The molecule has 18 heavy (non-hydrogen) atoms. The van der Waals surface area contributed by atoms with Crippen LogP contribution in [0.3, 0.4) is 0 Å². The first kappa shape index (κ1) is 13.3. The molecule has 100 valence electrons. The second-order valence-electron chi connectivity index (χ2n) is 5.09. The van der Waals surface area contributed by atoms with Crippen molar-refractivity contribution < 1.29 is 5.11 Å². The minimum atomic E-state index is -0.0113. The van der Waals surface area contributed by atoms with Gasteiger partial charge in [-0.2, -0.15) is 0 Å². The number of rotatable bonds is 5. The molecule has 1 aromatic rings. The molecule has 4 heteroatoms. The number of pyridine rings is 1. The lowest BCUT2D eigenvalue weighted by atomic mass is 10.1. The molecule has 0 aliphatic carbocycles. The number of hydrogen-bond acceptors (Lipinski definition) is 4. The van der Waals surface area contributed by atoms with Crippen LogP contribution in [0, 0.1) is 0 Å². The predicted molar refractivity (Wildman–Crippen MR) is 73.5 cm³/mol. The maximum atomic E-state index is 8.94. The lowest BCUT2D eigenvalue weighted by Gasteiger charge is -2.26. The van der Waals surface area contributed by atoms with Gasteiger partial charge in [-0.15, -0.1) is 0 Å². The Morgan fingerprint density at radius 2 is 2.39 bits per heavy atom. The fraction of sp³-hybridized carbons (Fsp3) is 0.643. The van der Waals surface area contributed by atoms with Crippen LogP contribution in [-0.2, 0) is 0 Å². The summed E-state index contributed by atoms with van der Waals surface area (Å²) in [7, 11) is 0. The Hall–Kier alpha value is -1.13. The largest absolute Gasteiger partial charge is 0.396 e. The van der Waals surface area contributed by atoms with E-state index >= 15 is 0 Å². The van der Waals surface area contributed by atoms with Crippen molar-refractivity contribution in [1.29, 1.82) is 0 Å². The number of nitrogens with zero attached hydrogens (tertiary/aromatic N) is 2. The van der Waals surface area contributed by atoms with Gasteiger partial charge in [0.15, 0.2) is 0 Å². The third-order valence-corrected chi connectivity index (χ3v) is 3.64. The van der Waals surface area contributed by atoms with Gasteiger partial charge in [-0.1, -0.05) is 0 Å². The SMILES string of the molecule is CC(N)c1ccc(N2CCCC2CCCO)cn1. The van der Waals surface area contributed by atoms with Crippen molar-refractivity contribution in [3.8, 4) is 0 Å². The topological polar surface area (TPSA) is 62.4 Å². The minimum absolute atomic E-state index is 0.0113. The maximum Gasteiger partial charge on any atom is 0.0569 e. The van der Waals surface area contributed by atoms with Gasteiger partial charge in [0, 0.05) is 25.2 Å². The molecule has 0 spiro atoms. The monoisotopic (exact) mass is 249 g/mol. The molecular weight excluding hydrogens is 226 g/mol. The Labute approximate surface area is 109 Å². The Morgan fingerprint density at radius 3 is 3.00 bits per heavy atom. The summed E-state index contributed by atoms with van der Waals surface area (Å²) in [5.41, 5.74) is 7.92. The summed E-state index contributed by atoms with van der Waals surface area (Å²) in [5.74, 6) is 0. The molecule has 1 aliphatic heterocycles. The lowest BCUT2D eigenvalue weighted by Crippen LogP contribution is -2.29. The van der Waals surface area contributed by atoms with Crippen molar-refractivity contribution in [2.45, 2.75) is 44.7 Å². The maximum absolute atomic E-state index is 8.94. The van der Waals surface area contributed by atoms with Gasteiger partial charge in [-0.05, 0) is 44.7 Å². The van der Waals surface area contributed by atoms with Gasteiger partial charge in [-0.3, -0.25) is 4.98 Å². The van der Waals surface area contributed by atoms with Crippen molar-refractivity contribution in [2.75, 3.05) is 18.1 Å². The molecular formula is C14H23N3O. The molecule has 0 aromatic carbocycles. The molecule has 0 bridgehead atoms. The summed E-state index contributed by atoms with van der Waals surface area (Å²) in [6, 6.07) is 4.67. The van der Waals surface area contributed by atoms with Crippen molar-refractivity contribution >= 4 is 5.69 Å². The summed E-state index contributed by atoms with van der Waals surface area (Å²) in [6.07, 6.45) is 6.31. The summed E-state index contributed by atoms with van der Waals surface area (Å²) in [4.78, 5) is 6.83. The standard InChI is InChI=1S/C14H23N3O/c1-11(15)14-7-6-13(10-16-14)17-8-2-4-12(17)5-3-9-18/h6-7,10-12,18H,2-5,8-9,15H2,1H3. The van der Waals surface area contributed by atoms with E-state index in [9.17, 15) is 0 Å². The van der Waals surface area contributed by atoms with Crippen LogP contribution in [0.5, 0.6) is 0 Å². The number of anilines is 1. The van der Waals surface area contributed by atoms with Gasteiger partial charge < -0.3 is 15.7 Å². The van der Waals surface area contributed by atoms with Crippen LogP contribution in [0.25, 0.3) is 0 Å². The summed E-state index contributed by atoms with van der Waals surface area (Å²) < 4.78 is 0. The molecule has 2 atom stereocenters. The average Bonchev–Trinajstić information content (AvgIpc) is 2.84. The predicted octanol–water partition coefficient (Wildman–Crippen LogP) is 1.84. The molecule has 3 N–H and O–H groups in total. The van der Waals surface area contributed by atoms with Gasteiger partial charge in [0.05, 0.1) is 17.6 Å². The number of aromatic nitrogens is 1. The highest BCUT2D eigenvalue weighted by atomic mass is 16.2. The molecule has 2 unspecified atom stereocenters. The Kier molecular flexibility index (Phi) is 4.55. The van der Waals surface area contributed by atoms with Crippen molar-refractivity contribution in [1.82, 2.24) is 4.98 Å². The molecule has 1 aliphatic rings. The van der Waals surface area contributed by atoms with Gasteiger partial charge in [0.1, 0.15) is 0 Å². The number of aliphatic hydroxyl groups excluding tert-OH is 1. The van der Waals surface area contributed by atoms with Crippen LogP contribution < -0.4 is 10.6 Å². The first-order chi connectivity index (χ1) is 8.72. The zero-order valence-electron chi connectivity index (χ0n) is 11.0. The molecule has 0 saturated carbocycles. The Morgan fingerprint density at radius 1 is 1.56 bits per heavy atom. The molecule has 2 rings (SSSR count). The summed E-state index contributed by atoms with van der Waals surface area (Å²) in [5, 5.41) is 8.94. The molecule has 0 amide bonds. The first-order valence-electron chi connectivity index (χ1n) is 6.81. The summed E-state index contributed by atoms with van der Waals surface area (Å²) in [6.45, 7) is 3.32. The average molecular weight is 249 g/mol. The third-order valence-electron chi connectivity index (χ3n) is 3.64. The van der Waals surface area contributed by atoms with Crippen molar-refractivity contribution in [2.24, 2.45) is 5.73 Å². The van der Waals surface area contributed by atoms with Gasteiger partial charge in [0.25, 0.3) is 0 Å². The van der Waals surface area contributed by atoms with E-state index in [1.807, 2.05) is 19.2 Å². The first-order valence-corrected chi connectivity index (χ1v) is 6.81. The highest BCUT2D eigenvalue weighted by molar-refractivity contribution is 5.47. The van der Waals surface area contributed by atoms with E-state index in [1.54, 1.807) is 0 Å². The zero-order chi connectivity index (χ0) is 13.0. The van der Waals surface area contributed by atoms with Gasteiger partial charge >= 0.3 is 0 Å². The Bertz CT molecular complexity index is 364. The quantitative estimate of drug-likeness (QED) is 0.836. The van der Waals surface area contributed by atoms with E-state index in [1.165, 1.54) is 18.5 Å². The molecule has 1 fully saturated rings. The van der Waals surface area contributed by atoms with E-state index in [-0.39, 0.29) is 12.6 Å². The smallest absolute Gasteiger partial charge is 0.0569 e. The van der Waals surface area contributed by atoms with Crippen LogP contribution in [0.2, 0.25) is 0 Å². The van der Waals surface area contributed by atoms with Crippen LogP contribution in [0.4, 0.5) is 5.69 Å². The van der Waals surface area contributed by atoms with Gasteiger partial charge in [-0.25, -0.2) is 0 Å². The van der Waals surface area contributed by atoms with Crippen molar-refractivity contribution in [3.05, 3.63) is 24.0 Å². The van der Waals surface area contributed by atoms with E-state index in [0.29, 0.717) is 6.04 Å². The Balaban J connectivity index is 2.05. The second-order valence-corrected chi connectivity index (χ2v) is 5.09. The van der Waals surface area contributed by atoms with Crippen molar-refractivity contribution in [3.63, 3.8) is 0 Å². The molecule has 4 nitrogen and oxygen atoms in total. The highest BCUT2D eigenvalue weighted by Gasteiger charge is 2.24. The van der Waals surface area contributed by atoms with E-state index in [4.69, 9.17) is 10.8 Å². The number of hydrogen-bond donors (Lipinski definition) is 2. The fourth-order valence-corrected chi connectivity index (χ4v) is 2.64. The minimum Gasteiger partial charge on any atom is -0.396 e. The zero-order valence-corrected chi connectivity index (χ0v) is 11.0. The van der Waals surface area contributed by atoms with Crippen LogP contribution in [0.1, 0.15) is 44.3 Å². The third kappa shape index (κ3) is 3.00. The molecule has 1 aromatic heterocycles. The number of aliphatic hydroxyl groups is 1. The van der Waals surface area contributed by atoms with E-state index < -0.39 is 0 Å². The van der Waals surface area contributed by atoms with E-state index in [0.717, 1.165) is 25.1 Å². The second kappa shape index (κ2) is 6.16. The lowest BCUT2D eigenvalue weighted by molar-refractivity contribution is 0.279.